The zero-order valence-corrected chi connectivity index (χ0v) is 11.7. The van der Waals surface area contributed by atoms with Crippen molar-refractivity contribution in [2.75, 3.05) is 6.61 Å². The highest BCUT2D eigenvalue weighted by molar-refractivity contribution is 9.11. The molecular weight excluding hydrogens is 336 g/mol. The Morgan fingerprint density at radius 3 is 2.75 bits per heavy atom. The normalized spacial score (nSPS) is 15.2. The number of ketones is 1. The van der Waals surface area contributed by atoms with Crippen LogP contribution in [-0.2, 0) is 4.74 Å². The van der Waals surface area contributed by atoms with Gasteiger partial charge in [0.05, 0.1) is 12.9 Å². The van der Waals surface area contributed by atoms with Crippen LogP contribution in [0, 0.1) is 0 Å². The van der Waals surface area contributed by atoms with Crippen LogP contribution in [0.5, 0.6) is 0 Å². The molecule has 0 saturated heterocycles. The Hall–Kier alpha value is -0.610. The lowest BCUT2D eigenvalue weighted by molar-refractivity contribution is 0.101. The van der Waals surface area contributed by atoms with Crippen molar-refractivity contribution in [3.63, 3.8) is 0 Å². The van der Waals surface area contributed by atoms with E-state index in [2.05, 4.69) is 31.9 Å². The van der Waals surface area contributed by atoms with Crippen LogP contribution in [0.1, 0.15) is 23.2 Å². The summed E-state index contributed by atoms with van der Waals surface area (Å²) < 4.78 is 6.93. The number of hydrogen-bond acceptors (Lipinski definition) is 2. The number of hydrogen-bond donors (Lipinski definition) is 0. The average Bonchev–Trinajstić information content (AvgIpc) is 2.29. The van der Waals surface area contributed by atoms with Gasteiger partial charge in [-0.3, -0.25) is 4.79 Å². The monoisotopic (exact) mass is 344 g/mol. The van der Waals surface area contributed by atoms with Crippen molar-refractivity contribution in [3.05, 3.63) is 44.5 Å². The summed E-state index contributed by atoms with van der Waals surface area (Å²) in [6.07, 6.45) is 3.29. The molecule has 0 radical (unpaired) electrons. The second kappa shape index (κ2) is 5.15. The average molecular weight is 346 g/mol. The van der Waals surface area contributed by atoms with E-state index in [-0.39, 0.29) is 5.78 Å². The molecule has 0 spiro atoms. The molecular formula is C12H10Br2O2. The molecule has 0 unspecified atom stereocenters. The third-order valence-electron chi connectivity index (χ3n) is 2.40. The summed E-state index contributed by atoms with van der Waals surface area (Å²) in [5, 5.41) is 0. The zero-order chi connectivity index (χ0) is 11.5. The van der Waals surface area contributed by atoms with Crippen molar-refractivity contribution in [2.24, 2.45) is 0 Å². The quantitative estimate of drug-likeness (QED) is 0.754. The molecule has 1 aromatic carbocycles. The molecule has 2 nitrogen and oxygen atoms in total. The molecule has 1 heterocycles. The maximum Gasteiger partial charge on any atom is 0.193 e. The molecule has 0 fully saturated rings. The van der Waals surface area contributed by atoms with E-state index in [0.29, 0.717) is 12.2 Å². The molecule has 0 N–H and O–H groups in total. The van der Waals surface area contributed by atoms with Crippen molar-refractivity contribution in [2.45, 2.75) is 12.8 Å². The number of benzene rings is 1. The lowest BCUT2D eigenvalue weighted by Crippen LogP contribution is -2.09. The number of ether oxygens (including phenoxy) is 1. The largest absolute Gasteiger partial charge is 0.501 e. The highest BCUT2D eigenvalue weighted by Gasteiger charge is 2.17. The number of rotatable bonds is 2. The van der Waals surface area contributed by atoms with E-state index in [0.717, 1.165) is 27.4 Å². The smallest absolute Gasteiger partial charge is 0.193 e. The fourth-order valence-electron chi connectivity index (χ4n) is 1.58. The molecule has 1 aromatic rings. The van der Waals surface area contributed by atoms with Gasteiger partial charge in [-0.25, -0.2) is 0 Å². The molecule has 4 heteroatoms. The molecule has 0 aromatic heterocycles. The summed E-state index contributed by atoms with van der Waals surface area (Å²) in [7, 11) is 0. The van der Waals surface area contributed by atoms with Crippen LogP contribution in [0.25, 0.3) is 0 Å². The Morgan fingerprint density at radius 1 is 1.31 bits per heavy atom. The SMILES string of the molecule is O=C(C1=COCCC1)c1ccc(Br)cc1Br. The summed E-state index contributed by atoms with van der Waals surface area (Å²) in [5.41, 5.74) is 1.43. The Labute approximate surface area is 111 Å². The first-order valence-electron chi connectivity index (χ1n) is 4.99. The van der Waals surface area contributed by atoms with Crippen molar-refractivity contribution >= 4 is 37.6 Å². The predicted molar refractivity (Wildman–Crippen MR) is 69.4 cm³/mol. The molecule has 2 rings (SSSR count). The molecule has 84 valence electrons. The lowest BCUT2D eigenvalue weighted by atomic mass is 10.00. The van der Waals surface area contributed by atoms with Gasteiger partial charge in [0.2, 0.25) is 0 Å². The van der Waals surface area contributed by atoms with Gasteiger partial charge >= 0.3 is 0 Å². The molecule has 1 aliphatic rings. The Kier molecular flexibility index (Phi) is 3.82. The van der Waals surface area contributed by atoms with Crippen LogP contribution in [0.2, 0.25) is 0 Å². The maximum absolute atomic E-state index is 12.1. The van der Waals surface area contributed by atoms with Gasteiger partial charge in [-0.05, 0) is 47.0 Å². The lowest BCUT2D eigenvalue weighted by Gasteiger charge is -2.13. The van der Waals surface area contributed by atoms with E-state index >= 15 is 0 Å². The summed E-state index contributed by atoms with van der Waals surface area (Å²) >= 11 is 6.76. The number of Topliss-reactive ketones (excluding diaryl/α,β-unsaturated/α-hetero) is 1. The van der Waals surface area contributed by atoms with Crippen molar-refractivity contribution in [1.29, 1.82) is 0 Å². The fourth-order valence-corrected chi connectivity index (χ4v) is 2.81. The van der Waals surface area contributed by atoms with Gasteiger partial charge in [-0.15, -0.1) is 0 Å². The van der Waals surface area contributed by atoms with Gasteiger partial charge in [0, 0.05) is 20.1 Å². The van der Waals surface area contributed by atoms with E-state index in [1.54, 1.807) is 6.26 Å². The van der Waals surface area contributed by atoms with Crippen molar-refractivity contribution in [3.8, 4) is 0 Å². The van der Waals surface area contributed by atoms with Gasteiger partial charge in [0.25, 0.3) is 0 Å². The second-order valence-corrected chi connectivity index (χ2v) is 5.34. The van der Waals surface area contributed by atoms with Gasteiger partial charge < -0.3 is 4.74 Å². The summed E-state index contributed by atoms with van der Waals surface area (Å²) in [6, 6.07) is 5.55. The van der Waals surface area contributed by atoms with Gasteiger partial charge in [-0.2, -0.15) is 0 Å². The Bertz CT molecular complexity index is 452. The minimum atomic E-state index is 0.0408. The molecule has 0 bridgehead atoms. The minimum Gasteiger partial charge on any atom is -0.501 e. The van der Waals surface area contributed by atoms with Crippen LogP contribution in [0.15, 0.2) is 39.0 Å². The Morgan fingerprint density at radius 2 is 2.12 bits per heavy atom. The first-order valence-corrected chi connectivity index (χ1v) is 6.57. The number of carbonyl (C=O) groups excluding carboxylic acids is 1. The number of carbonyl (C=O) groups is 1. The van der Waals surface area contributed by atoms with Crippen molar-refractivity contribution in [1.82, 2.24) is 0 Å². The third kappa shape index (κ3) is 2.55. The van der Waals surface area contributed by atoms with Gasteiger partial charge in [-0.1, -0.05) is 15.9 Å². The molecule has 0 aliphatic carbocycles. The van der Waals surface area contributed by atoms with Crippen LogP contribution < -0.4 is 0 Å². The maximum atomic E-state index is 12.1. The fraction of sp³-hybridized carbons (Fsp3) is 0.250. The predicted octanol–water partition coefficient (Wildman–Crippen LogP) is 4.09. The number of allylic oxidation sites excluding steroid dienone is 1. The standard InChI is InChI=1S/C12H10Br2O2/c13-9-3-4-10(11(14)6-9)12(15)8-2-1-5-16-7-8/h3-4,6-7H,1-2,5H2. The number of halogens is 2. The van der Waals surface area contributed by atoms with E-state index < -0.39 is 0 Å². The van der Waals surface area contributed by atoms with Crippen LogP contribution in [0.4, 0.5) is 0 Å². The van der Waals surface area contributed by atoms with Crippen LogP contribution in [-0.4, -0.2) is 12.4 Å². The molecule has 0 saturated carbocycles. The highest BCUT2D eigenvalue weighted by Crippen LogP contribution is 2.26. The summed E-state index contributed by atoms with van der Waals surface area (Å²) in [6.45, 7) is 0.707. The van der Waals surface area contributed by atoms with Crippen LogP contribution in [0.3, 0.4) is 0 Å². The van der Waals surface area contributed by atoms with Gasteiger partial charge in [0.1, 0.15) is 0 Å². The highest BCUT2D eigenvalue weighted by atomic mass is 79.9. The molecule has 16 heavy (non-hydrogen) atoms. The van der Waals surface area contributed by atoms with E-state index in [1.165, 1.54) is 0 Å². The first kappa shape index (κ1) is 11.9. The minimum absolute atomic E-state index is 0.0408. The van der Waals surface area contributed by atoms with Crippen LogP contribution >= 0.6 is 31.9 Å². The molecule has 0 atom stereocenters. The molecule has 0 amide bonds. The summed E-state index contributed by atoms with van der Waals surface area (Å²) in [5.74, 6) is 0.0408. The van der Waals surface area contributed by atoms with Gasteiger partial charge in [0.15, 0.2) is 5.78 Å². The Balaban J connectivity index is 2.30. The molecule has 1 aliphatic heterocycles. The summed E-state index contributed by atoms with van der Waals surface area (Å²) in [4.78, 5) is 12.1. The topological polar surface area (TPSA) is 26.3 Å². The van der Waals surface area contributed by atoms with E-state index in [1.807, 2.05) is 18.2 Å². The zero-order valence-electron chi connectivity index (χ0n) is 8.50. The second-order valence-electron chi connectivity index (χ2n) is 3.57. The van der Waals surface area contributed by atoms with E-state index in [9.17, 15) is 4.79 Å². The third-order valence-corrected chi connectivity index (χ3v) is 3.55. The van der Waals surface area contributed by atoms with Crippen molar-refractivity contribution < 1.29 is 9.53 Å². The van der Waals surface area contributed by atoms with E-state index in [4.69, 9.17) is 4.74 Å². The first-order chi connectivity index (χ1) is 7.68.